The maximum atomic E-state index is 14.9. The Kier molecular flexibility index (Phi) is 5.64. The molecular weight excluding hydrogens is 359 g/mol. The Morgan fingerprint density at radius 3 is 2.52 bits per heavy atom. The summed E-state index contributed by atoms with van der Waals surface area (Å²) in [4.78, 5) is 12.2. The second kappa shape index (κ2) is 7.53. The van der Waals surface area contributed by atoms with Crippen molar-refractivity contribution in [3.05, 3.63) is 36.2 Å². The molecule has 1 heterocycles. The van der Waals surface area contributed by atoms with E-state index >= 15 is 0 Å². The van der Waals surface area contributed by atoms with E-state index in [0.29, 0.717) is 6.26 Å². The smallest absolute Gasteiger partial charge is 0.337 e. The van der Waals surface area contributed by atoms with Crippen LogP contribution in [0.4, 0.5) is 4.39 Å². The normalized spacial score (nSPS) is 13.9. The van der Waals surface area contributed by atoms with Crippen LogP contribution in [-0.4, -0.2) is 60.4 Å². The molecule has 25 heavy (non-hydrogen) atoms. The molecule has 1 atom stereocenters. The second-order valence-electron chi connectivity index (χ2n) is 4.94. The minimum atomic E-state index is -4.12. The number of carbonyl (C=O) groups is 1. The quantitative estimate of drug-likeness (QED) is 0.470. The fourth-order valence-corrected chi connectivity index (χ4v) is 2.48. The number of tetrazole rings is 1. The lowest BCUT2D eigenvalue weighted by atomic mass is 10.2. The zero-order valence-corrected chi connectivity index (χ0v) is 14.1. The molecular formula is C13H15FN4O6S. The van der Waals surface area contributed by atoms with E-state index in [1.54, 1.807) is 0 Å². The first-order valence-electron chi connectivity index (χ1n) is 6.82. The standard InChI is InChI=1S/C13H15FN4O6S/c1-22-12(19)10-3-5-11(6-4-10)23-8-13(14,24-25(2,20)21)7-18-16-9-15-17-18/h3-6,9H,7-8H2,1-2H3/t13-/m1/s1. The van der Waals surface area contributed by atoms with Crippen molar-refractivity contribution >= 4 is 16.1 Å². The fourth-order valence-electron chi connectivity index (χ4n) is 1.84. The third-order valence-corrected chi connectivity index (χ3v) is 3.40. The van der Waals surface area contributed by atoms with Gasteiger partial charge in [-0.3, -0.25) is 0 Å². The number of benzene rings is 1. The van der Waals surface area contributed by atoms with Gasteiger partial charge in [-0.1, -0.05) is 0 Å². The van der Waals surface area contributed by atoms with Crippen LogP contribution in [0, 0.1) is 0 Å². The van der Waals surface area contributed by atoms with Crippen molar-refractivity contribution in [2.45, 2.75) is 12.4 Å². The number of hydrogen-bond donors (Lipinski definition) is 0. The molecule has 10 nitrogen and oxygen atoms in total. The number of ether oxygens (including phenoxy) is 2. The summed E-state index contributed by atoms with van der Waals surface area (Å²) in [5.41, 5.74) is 0.278. The highest BCUT2D eigenvalue weighted by molar-refractivity contribution is 7.86. The number of carbonyl (C=O) groups excluding carboxylic acids is 1. The van der Waals surface area contributed by atoms with Gasteiger partial charge in [-0.15, -0.1) is 10.2 Å². The molecule has 12 heteroatoms. The molecule has 0 fully saturated rings. The van der Waals surface area contributed by atoms with Crippen molar-refractivity contribution in [1.82, 2.24) is 20.2 Å². The average molecular weight is 374 g/mol. The first kappa shape index (κ1) is 18.7. The Bertz CT molecular complexity index is 812. The third kappa shape index (κ3) is 5.76. The summed E-state index contributed by atoms with van der Waals surface area (Å²) >= 11 is 0. The third-order valence-electron chi connectivity index (χ3n) is 2.80. The minimum Gasteiger partial charge on any atom is -0.488 e. The number of nitrogens with zero attached hydrogens (tertiary/aromatic N) is 4. The summed E-state index contributed by atoms with van der Waals surface area (Å²) in [6, 6.07) is 5.64. The van der Waals surface area contributed by atoms with Gasteiger partial charge in [-0.05, 0) is 29.5 Å². The van der Waals surface area contributed by atoms with Gasteiger partial charge >= 0.3 is 5.97 Å². The SMILES string of the molecule is COC(=O)c1ccc(OC[C@@](F)(Cn2ncnn2)OS(C)(=O)=O)cc1. The highest BCUT2D eigenvalue weighted by Crippen LogP contribution is 2.21. The van der Waals surface area contributed by atoms with E-state index in [2.05, 4.69) is 24.3 Å². The Hall–Kier alpha value is -2.60. The lowest BCUT2D eigenvalue weighted by molar-refractivity contribution is -0.104. The van der Waals surface area contributed by atoms with Crippen LogP contribution in [-0.2, 0) is 25.6 Å². The average Bonchev–Trinajstić information content (AvgIpc) is 3.03. The maximum Gasteiger partial charge on any atom is 0.337 e. The van der Waals surface area contributed by atoms with E-state index in [9.17, 15) is 17.6 Å². The number of rotatable bonds is 8. The lowest BCUT2D eigenvalue weighted by Gasteiger charge is -2.23. The molecule has 2 aromatic rings. The van der Waals surface area contributed by atoms with Crippen LogP contribution in [0.2, 0.25) is 0 Å². The summed E-state index contributed by atoms with van der Waals surface area (Å²) in [6.45, 7) is -1.42. The van der Waals surface area contributed by atoms with Gasteiger partial charge in [-0.2, -0.15) is 13.2 Å². The van der Waals surface area contributed by atoms with Crippen molar-refractivity contribution < 1.29 is 31.3 Å². The zero-order chi connectivity index (χ0) is 18.5. The van der Waals surface area contributed by atoms with Crippen LogP contribution in [0.5, 0.6) is 5.75 Å². The van der Waals surface area contributed by atoms with E-state index in [1.165, 1.54) is 31.4 Å². The van der Waals surface area contributed by atoms with Gasteiger partial charge in [0.1, 0.15) is 12.3 Å². The van der Waals surface area contributed by atoms with Crippen LogP contribution in [0.15, 0.2) is 30.6 Å². The van der Waals surface area contributed by atoms with Crippen LogP contribution in [0.3, 0.4) is 0 Å². The summed E-state index contributed by atoms with van der Waals surface area (Å²) in [7, 11) is -2.88. The second-order valence-corrected chi connectivity index (χ2v) is 6.52. The predicted molar refractivity (Wildman–Crippen MR) is 80.9 cm³/mol. The summed E-state index contributed by atoms with van der Waals surface area (Å²) in [6.07, 6.45) is 1.77. The molecule has 136 valence electrons. The minimum absolute atomic E-state index is 0.193. The van der Waals surface area contributed by atoms with Crippen molar-refractivity contribution in [2.24, 2.45) is 0 Å². The van der Waals surface area contributed by atoms with Gasteiger partial charge in [0.05, 0.1) is 18.9 Å². The molecule has 0 aliphatic carbocycles. The zero-order valence-electron chi connectivity index (χ0n) is 13.3. The van der Waals surface area contributed by atoms with Crippen molar-refractivity contribution in [1.29, 1.82) is 0 Å². The Labute approximate surface area is 142 Å². The van der Waals surface area contributed by atoms with E-state index in [0.717, 1.165) is 11.1 Å². The van der Waals surface area contributed by atoms with Crippen molar-refractivity contribution in [3.8, 4) is 5.75 Å². The molecule has 0 aliphatic heterocycles. The van der Waals surface area contributed by atoms with E-state index in [1.807, 2.05) is 0 Å². The topological polar surface area (TPSA) is 122 Å². The lowest BCUT2D eigenvalue weighted by Crippen LogP contribution is -2.41. The number of hydrogen-bond acceptors (Lipinski definition) is 9. The molecule has 0 unspecified atom stereocenters. The molecule has 1 aromatic carbocycles. The molecule has 0 amide bonds. The van der Waals surface area contributed by atoms with Crippen LogP contribution in [0.25, 0.3) is 0 Å². The molecule has 0 spiro atoms. The van der Waals surface area contributed by atoms with Crippen LogP contribution in [0.1, 0.15) is 10.4 Å². The van der Waals surface area contributed by atoms with Crippen LogP contribution >= 0.6 is 0 Å². The molecule has 0 saturated carbocycles. The number of esters is 1. The summed E-state index contributed by atoms with van der Waals surface area (Å²) in [5, 5.41) is 10.5. The van der Waals surface area contributed by atoms with Gasteiger partial charge in [0, 0.05) is 0 Å². The fraction of sp³-hybridized carbons (Fsp3) is 0.385. The van der Waals surface area contributed by atoms with Gasteiger partial charge in [0.2, 0.25) is 0 Å². The van der Waals surface area contributed by atoms with Gasteiger partial charge < -0.3 is 9.47 Å². The van der Waals surface area contributed by atoms with E-state index < -0.39 is 35.1 Å². The van der Waals surface area contributed by atoms with E-state index in [4.69, 9.17) is 4.74 Å². The molecule has 0 aliphatic rings. The number of alkyl halides is 1. The van der Waals surface area contributed by atoms with Gasteiger partial charge in [0.15, 0.2) is 12.9 Å². The first-order chi connectivity index (χ1) is 11.7. The highest BCUT2D eigenvalue weighted by Gasteiger charge is 2.38. The highest BCUT2D eigenvalue weighted by atomic mass is 32.2. The number of halogens is 1. The van der Waals surface area contributed by atoms with Crippen LogP contribution < -0.4 is 4.74 Å². The Morgan fingerprint density at radius 2 is 2.00 bits per heavy atom. The Balaban J connectivity index is 2.09. The molecule has 0 bridgehead atoms. The van der Waals surface area contributed by atoms with Gasteiger partial charge in [0.25, 0.3) is 16.0 Å². The molecule has 0 N–H and O–H groups in total. The Morgan fingerprint density at radius 1 is 1.32 bits per heavy atom. The van der Waals surface area contributed by atoms with Crippen molar-refractivity contribution in [2.75, 3.05) is 20.0 Å². The largest absolute Gasteiger partial charge is 0.488 e. The molecule has 0 radical (unpaired) electrons. The van der Waals surface area contributed by atoms with Gasteiger partial charge in [-0.25, -0.2) is 13.4 Å². The summed E-state index contributed by atoms with van der Waals surface area (Å²) in [5.74, 6) is -3.10. The van der Waals surface area contributed by atoms with E-state index in [-0.39, 0.29) is 11.3 Å². The predicted octanol–water partition coefficient (Wildman–Crippen LogP) is 0.181. The molecule has 1 aromatic heterocycles. The monoisotopic (exact) mass is 374 g/mol. The molecule has 2 rings (SSSR count). The van der Waals surface area contributed by atoms with Crippen molar-refractivity contribution in [3.63, 3.8) is 0 Å². The first-order valence-corrected chi connectivity index (χ1v) is 8.64. The maximum absolute atomic E-state index is 14.9. The number of methoxy groups -OCH3 is 1. The number of aromatic nitrogens is 4. The summed E-state index contributed by atoms with van der Waals surface area (Å²) < 4.78 is 51.7. The molecule has 0 saturated heterocycles.